The lowest BCUT2D eigenvalue weighted by Gasteiger charge is -2.31. The lowest BCUT2D eigenvalue weighted by molar-refractivity contribution is -0.143. The maximum absolute atomic E-state index is 11.3. The molecule has 0 spiro atoms. The second kappa shape index (κ2) is 6.12. The zero-order valence-corrected chi connectivity index (χ0v) is 12.3. The fraction of sp³-hybridized carbons (Fsp3) is 0.500. The highest BCUT2D eigenvalue weighted by Gasteiger charge is 2.35. The van der Waals surface area contributed by atoms with E-state index in [4.69, 9.17) is 23.2 Å². The van der Waals surface area contributed by atoms with Crippen molar-refractivity contribution in [2.45, 2.75) is 38.3 Å². The molecular formula is C14H17Cl2NO2. The first-order valence-electron chi connectivity index (χ1n) is 6.48. The van der Waals surface area contributed by atoms with Gasteiger partial charge in [0, 0.05) is 16.1 Å². The number of carboxylic acids is 1. The van der Waals surface area contributed by atoms with E-state index in [1.165, 1.54) is 0 Å². The van der Waals surface area contributed by atoms with Gasteiger partial charge in [-0.1, -0.05) is 36.2 Å². The van der Waals surface area contributed by atoms with E-state index in [-0.39, 0.29) is 6.04 Å². The Morgan fingerprint density at radius 1 is 1.53 bits per heavy atom. The van der Waals surface area contributed by atoms with Crippen LogP contribution in [0.25, 0.3) is 0 Å². The SMILES string of the molecule is CCC(c1ccc(Cl)cc1Cl)N1CCCC1C(=O)O. The Morgan fingerprint density at radius 2 is 2.26 bits per heavy atom. The van der Waals surface area contributed by atoms with Crippen LogP contribution in [0.1, 0.15) is 37.8 Å². The van der Waals surface area contributed by atoms with Crippen molar-refractivity contribution in [2.75, 3.05) is 6.54 Å². The molecule has 104 valence electrons. The van der Waals surface area contributed by atoms with Gasteiger partial charge in [-0.05, 0) is 43.5 Å². The Bertz CT molecular complexity index is 479. The van der Waals surface area contributed by atoms with Gasteiger partial charge in [0.25, 0.3) is 0 Å². The third kappa shape index (κ3) is 3.04. The minimum atomic E-state index is -0.749. The predicted octanol–water partition coefficient (Wildman–Crippen LogP) is 3.99. The summed E-state index contributed by atoms with van der Waals surface area (Å²) in [5, 5.41) is 10.5. The van der Waals surface area contributed by atoms with Crippen LogP contribution in [0.5, 0.6) is 0 Å². The largest absolute Gasteiger partial charge is 0.480 e. The van der Waals surface area contributed by atoms with Crippen molar-refractivity contribution < 1.29 is 9.90 Å². The Morgan fingerprint density at radius 3 is 2.84 bits per heavy atom. The van der Waals surface area contributed by atoms with Crippen molar-refractivity contribution >= 4 is 29.2 Å². The van der Waals surface area contributed by atoms with Crippen LogP contribution < -0.4 is 0 Å². The lowest BCUT2D eigenvalue weighted by atomic mass is 10.0. The first-order valence-corrected chi connectivity index (χ1v) is 7.23. The molecule has 1 aromatic carbocycles. The van der Waals surface area contributed by atoms with Crippen LogP contribution in [0.15, 0.2) is 18.2 Å². The predicted molar refractivity (Wildman–Crippen MR) is 76.9 cm³/mol. The molecule has 1 fully saturated rings. The van der Waals surface area contributed by atoms with Gasteiger partial charge in [0.1, 0.15) is 6.04 Å². The summed E-state index contributed by atoms with van der Waals surface area (Å²) in [4.78, 5) is 13.3. The van der Waals surface area contributed by atoms with Crippen LogP contribution >= 0.6 is 23.2 Å². The molecule has 0 aromatic heterocycles. The highest BCUT2D eigenvalue weighted by atomic mass is 35.5. The van der Waals surface area contributed by atoms with E-state index in [1.807, 2.05) is 17.9 Å². The van der Waals surface area contributed by atoms with Gasteiger partial charge < -0.3 is 5.11 Å². The second-order valence-corrected chi connectivity index (χ2v) is 5.67. The van der Waals surface area contributed by atoms with Gasteiger partial charge in [-0.15, -0.1) is 0 Å². The molecule has 3 nitrogen and oxygen atoms in total. The Kier molecular flexibility index (Phi) is 4.71. The van der Waals surface area contributed by atoms with Crippen LogP contribution in [0.3, 0.4) is 0 Å². The number of hydrogen-bond donors (Lipinski definition) is 1. The van der Waals surface area contributed by atoms with Gasteiger partial charge in [-0.3, -0.25) is 9.69 Å². The summed E-state index contributed by atoms with van der Waals surface area (Å²) in [6, 6.07) is 5.05. The standard InChI is InChI=1S/C14H17Cl2NO2/c1-2-12(10-6-5-9(15)8-11(10)16)17-7-3-4-13(17)14(18)19/h5-6,8,12-13H,2-4,7H2,1H3,(H,18,19). The van der Waals surface area contributed by atoms with Crippen molar-refractivity contribution in [1.82, 2.24) is 4.90 Å². The first-order chi connectivity index (χ1) is 9.04. The minimum absolute atomic E-state index is 0.0355. The smallest absolute Gasteiger partial charge is 0.320 e. The molecule has 1 heterocycles. The zero-order chi connectivity index (χ0) is 14.0. The van der Waals surface area contributed by atoms with Gasteiger partial charge in [-0.2, -0.15) is 0 Å². The average Bonchev–Trinajstić information content (AvgIpc) is 2.82. The summed E-state index contributed by atoms with van der Waals surface area (Å²) in [6.07, 6.45) is 2.45. The Labute approximate surface area is 123 Å². The molecule has 0 saturated carbocycles. The summed E-state index contributed by atoms with van der Waals surface area (Å²) in [6.45, 7) is 2.85. The minimum Gasteiger partial charge on any atom is -0.480 e. The Balaban J connectivity index is 2.31. The van der Waals surface area contributed by atoms with Crippen molar-refractivity contribution in [1.29, 1.82) is 0 Å². The van der Waals surface area contributed by atoms with E-state index in [2.05, 4.69) is 0 Å². The summed E-state index contributed by atoms with van der Waals surface area (Å²) >= 11 is 12.2. The molecule has 1 saturated heterocycles. The highest BCUT2D eigenvalue weighted by molar-refractivity contribution is 6.35. The number of benzene rings is 1. The van der Waals surface area contributed by atoms with Gasteiger partial charge >= 0.3 is 5.97 Å². The molecular weight excluding hydrogens is 285 g/mol. The van der Waals surface area contributed by atoms with Crippen LogP contribution in [-0.2, 0) is 4.79 Å². The molecule has 0 bridgehead atoms. The number of rotatable bonds is 4. The number of halogens is 2. The molecule has 2 unspecified atom stereocenters. The van der Waals surface area contributed by atoms with Crippen molar-refractivity contribution in [3.8, 4) is 0 Å². The molecule has 0 radical (unpaired) electrons. The topological polar surface area (TPSA) is 40.5 Å². The quantitative estimate of drug-likeness (QED) is 0.914. The monoisotopic (exact) mass is 301 g/mol. The molecule has 2 rings (SSSR count). The molecule has 1 aliphatic rings. The summed E-state index contributed by atoms with van der Waals surface area (Å²) in [5.41, 5.74) is 0.960. The molecule has 0 amide bonds. The fourth-order valence-electron chi connectivity index (χ4n) is 2.83. The zero-order valence-electron chi connectivity index (χ0n) is 10.8. The molecule has 1 N–H and O–H groups in total. The van der Waals surface area contributed by atoms with Crippen molar-refractivity contribution in [3.05, 3.63) is 33.8 Å². The van der Waals surface area contributed by atoms with Crippen molar-refractivity contribution in [3.63, 3.8) is 0 Å². The molecule has 0 aliphatic carbocycles. The maximum Gasteiger partial charge on any atom is 0.320 e. The summed E-state index contributed by atoms with van der Waals surface area (Å²) in [5.74, 6) is -0.749. The van der Waals surface area contributed by atoms with E-state index in [0.717, 1.165) is 24.9 Å². The van der Waals surface area contributed by atoms with E-state index in [9.17, 15) is 9.90 Å². The van der Waals surface area contributed by atoms with Crippen LogP contribution in [-0.4, -0.2) is 28.6 Å². The van der Waals surface area contributed by atoms with E-state index in [1.54, 1.807) is 12.1 Å². The van der Waals surface area contributed by atoms with E-state index >= 15 is 0 Å². The third-order valence-electron chi connectivity index (χ3n) is 3.69. The van der Waals surface area contributed by atoms with Crippen molar-refractivity contribution in [2.24, 2.45) is 0 Å². The second-order valence-electron chi connectivity index (χ2n) is 4.82. The van der Waals surface area contributed by atoms with Crippen LogP contribution in [0.2, 0.25) is 10.0 Å². The fourth-order valence-corrected chi connectivity index (χ4v) is 3.37. The highest BCUT2D eigenvalue weighted by Crippen LogP contribution is 2.36. The number of carbonyl (C=O) groups is 1. The first kappa shape index (κ1) is 14.6. The van der Waals surface area contributed by atoms with Gasteiger partial charge in [0.05, 0.1) is 0 Å². The van der Waals surface area contributed by atoms with E-state index < -0.39 is 12.0 Å². The third-order valence-corrected chi connectivity index (χ3v) is 4.25. The molecule has 19 heavy (non-hydrogen) atoms. The van der Waals surface area contributed by atoms with Crippen LogP contribution in [0, 0.1) is 0 Å². The molecule has 1 aliphatic heterocycles. The summed E-state index contributed by atoms with van der Waals surface area (Å²) < 4.78 is 0. The number of carboxylic acid groups (broad SMARTS) is 1. The maximum atomic E-state index is 11.3. The number of likely N-dealkylation sites (tertiary alicyclic amines) is 1. The number of nitrogens with zero attached hydrogens (tertiary/aromatic N) is 1. The molecule has 1 aromatic rings. The lowest BCUT2D eigenvalue weighted by Crippen LogP contribution is -2.38. The van der Waals surface area contributed by atoms with Gasteiger partial charge in [-0.25, -0.2) is 0 Å². The van der Waals surface area contributed by atoms with Gasteiger partial charge in [0.15, 0.2) is 0 Å². The summed E-state index contributed by atoms with van der Waals surface area (Å²) in [7, 11) is 0. The normalized spacial score (nSPS) is 21.5. The van der Waals surface area contributed by atoms with E-state index in [0.29, 0.717) is 16.5 Å². The van der Waals surface area contributed by atoms with Crippen LogP contribution in [0.4, 0.5) is 0 Å². The Hall–Kier alpha value is -0.770. The van der Waals surface area contributed by atoms with Gasteiger partial charge in [0.2, 0.25) is 0 Å². The number of aliphatic carboxylic acids is 1. The molecule has 5 heteroatoms. The number of hydrogen-bond acceptors (Lipinski definition) is 2. The average molecular weight is 302 g/mol. The molecule has 2 atom stereocenters.